The lowest BCUT2D eigenvalue weighted by Crippen LogP contribution is -2.43. The third-order valence-corrected chi connectivity index (χ3v) is 2.67. The second kappa shape index (κ2) is 9.26. The maximum atomic E-state index is 11.9. The molecular weight excluding hydrogens is 244 g/mol. The van der Waals surface area contributed by atoms with Gasteiger partial charge in [0, 0.05) is 13.1 Å². The first kappa shape index (κ1) is 17.3. The van der Waals surface area contributed by atoms with Crippen LogP contribution in [0.1, 0.15) is 33.6 Å². The summed E-state index contributed by atoms with van der Waals surface area (Å²) in [7, 11) is 0. The van der Waals surface area contributed by atoms with Gasteiger partial charge in [0.2, 0.25) is 0 Å². The second-order valence-electron chi connectivity index (χ2n) is 4.98. The Morgan fingerprint density at radius 1 is 1.42 bits per heavy atom. The molecule has 0 saturated carbocycles. The topological polar surface area (TPSA) is 69.6 Å². The zero-order valence-electron chi connectivity index (χ0n) is 12.0. The van der Waals surface area contributed by atoms with Gasteiger partial charge in [-0.25, -0.2) is 4.79 Å². The molecule has 2 N–H and O–H groups in total. The van der Waals surface area contributed by atoms with Crippen molar-refractivity contribution in [2.24, 2.45) is 11.8 Å². The quantitative estimate of drug-likeness (QED) is 0.659. The number of nitrogens with one attached hydrogen (secondary N) is 1. The van der Waals surface area contributed by atoms with Gasteiger partial charge in [-0.3, -0.25) is 4.79 Å². The van der Waals surface area contributed by atoms with Crippen molar-refractivity contribution in [1.29, 1.82) is 0 Å². The van der Waals surface area contributed by atoms with Crippen LogP contribution in [0.5, 0.6) is 0 Å². The monoisotopic (exact) mass is 268 g/mol. The molecule has 0 saturated heterocycles. The van der Waals surface area contributed by atoms with Gasteiger partial charge in [-0.15, -0.1) is 6.42 Å². The van der Waals surface area contributed by atoms with Gasteiger partial charge in [0.15, 0.2) is 0 Å². The number of hydrogen-bond donors (Lipinski definition) is 2. The Labute approximate surface area is 115 Å². The minimum Gasteiger partial charge on any atom is -0.481 e. The predicted molar refractivity (Wildman–Crippen MR) is 74.7 cm³/mol. The second-order valence-corrected chi connectivity index (χ2v) is 4.98. The maximum Gasteiger partial charge on any atom is 0.318 e. The van der Waals surface area contributed by atoms with Crippen molar-refractivity contribution in [1.82, 2.24) is 10.2 Å². The molecule has 0 heterocycles. The summed E-state index contributed by atoms with van der Waals surface area (Å²) in [5.74, 6) is 1.26. The number of rotatable bonds is 8. The fraction of sp³-hybridized carbons (Fsp3) is 0.714. The SMILES string of the molecule is C#CCN(CCC)C(=O)NCC(CC(C)C)C(=O)O. The molecule has 0 radical (unpaired) electrons. The lowest BCUT2D eigenvalue weighted by Gasteiger charge is -2.22. The summed E-state index contributed by atoms with van der Waals surface area (Å²) in [5, 5.41) is 11.7. The summed E-state index contributed by atoms with van der Waals surface area (Å²) in [4.78, 5) is 24.4. The van der Waals surface area contributed by atoms with Gasteiger partial charge >= 0.3 is 12.0 Å². The smallest absolute Gasteiger partial charge is 0.318 e. The third-order valence-electron chi connectivity index (χ3n) is 2.67. The van der Waals surface area contributed by atoms with E-state index in [1.54, 1.807) is 0 Å². The van der Waals surface area contributed by atoms with Crippen LogP contribution in [0.3, 0.4) is 0 Å². The molecule has 0 aliphatic carbocycles. The normalized spacial score (nSPS) is 11.7. The van der Waals surface area contributed by atoms with Crippen LogP contribution in [-0.2, 0) is 4.79 Å². The molecule has 2 amide bonds. The highest BCUT2D eigenvalue weighted by atomic mass is 16.4. The largest absolute Gasteiger partial charge is 0.481 e. The number of amides is 2. The van der Waals surface area contributed by atoms with Crippen molar-refractivity contribution >= 4 is 12.0 Å². The van der Waals surface area contributed by atoms with E-state index in [-0.39, 0.29) is 25.0 Å². The molecule has 0 spiro atoms. The fourth-order valence-electron chi connectivity index (χ4n) is 1.80. The highest BCUT2D eigenvalue weighted by Crippen LogP contribution is 2.11. The number of terminal acetylenes is 1. The summed E-state index contributed by atoms with van der Waals surface area (Å²) in [6.07, 6.45) is 6.55. The highest BCUT2D eigenvalue weighted by molar-refractivity contribution is 5.76. The Morgan fingerprint density at radius 3 is 2.47 bits per heavy atom. The average Bonchev–Trinajstić information content (AvgIpc) is 2.33. The number of carbonyl (C=O) groups is 2. The van der Waals surface area contributed by atoms with Crippen LogP contribution < -0.4 is 5.32 Å². The minimum atomic E-state index is -0.881. The molecule has 108 valence electrons. The van der Waals surface area contributed by atoms with Gasteiger partial charge < -0.3 is 15.3 Å². The number of nitrogens with zero attached hydrogens (tertiary/aromatic N) is 1. The van der Waals surface area contributed by atoms with Crippen LogP contribution >= 0.6 is 0 Å². The van der Waals surface area contributed by atoms with Gasteiger partial charge in [0.1, 0.15) is 0 Å². The predicted octanol–water partition coefficient (Wildman–Crippen LogP) is 1.79. The van der Waals surface area contributed by atoms with Gasteiger partial charge in [-0.1, -0.05) is 26.7 Å². The standard InChI is InChI=1S/C14H24N2O3/c1-5-7-16(8-6-2)14(19)15-10-12(13(17)18)9-11(3)4/h1,11-12H,6-10H2,2-4H3,(H,15,19)(H,17,18). The van der Waals surface area contributed by atoms with E-state index in [4.69, 9.17) is 11.5 Å². The van der Waals surface area contributed by atoms with Crippen LogP contribution in [0.25, 0.3) is 0 Å². The van der Waals surface area contributed by atoms with Crippen molar-refractivity contribution in [3.05, 3.63) is 0 Å². The molecule has 1 atom stereocenters. The molecule has 0 aromatic rings. The number of hydrogen-bond acceptors (Lipinski definition) is 2. The minimum absolute atomic E-state index is 0.136. The first-order chi connectivity index (χ1) is 8.92. The molecule has 5 nitrogen and oxygen atoms in total. The summed E-state index contributed by atoms with van der Waals surface area (Å²) < 4.78 is 0. The van der Waals surface area contributed by atoms with Gasteiger partial charge in [0.05, 0.1) is 12.5 Å². The zero-order chi connectivity index (χ0) is 14.8. The van der Waals surface area contributed by atoms with Gasteiger partial charge in [-0.2, -0.15) is 0 Å². The molecule has 0 rings (SSSR count). The molecule has 0 bridgehead atoms. The maximum absolute atomic E-state index is 11.9. The average molecular weight is 268 g/mol. The van der Waals surface area contributed by atoms with E-state index in [9.17, 15) is 9.59 Å². The van der Waals surface area contributed by atoms with E-state index in [0.717, 1.165) is 6.42 Å². The van der Waals surface area contributed by atoms with E-state index in [2.05, 4.69) is 11.2 Å². The van der Waals surface area contributed by atoms with E-state index < -0.39 is 11.9 Å². The van der Waals surface area contributed by atoms with Gasteiger partial charge in [0.25, 0.3) is 0 Å². The number of carboxylic acids is 1. The van der Waals surface area contributed by atoms with E-state index in [0.29, 0.717) is 13.0 Å². The Bertz CT molecular complexity index is 334. The Balaban J connectivity index is 4.37. The van der Waals surface area contributed by atoms with Crippen molar-refractivity contribution in [3.63, 3.8) is 0 Å². The molecule has 5 heteroatoms. The Kier molecular flexibility index (Phi) is 8.43. The van der Waals surface area contributed by atoms with Crippen LogP contribution in [0, 0.1) is 24.2 Å². The number of carbonyl (C=O) groups excluding carboxylic acids is 1. The van der Waals surface area contributed by atoms with E-state index in [1.807, 2.05) is 20.8 Å². The molecule has 19 heavy (non-hydrogen) atoms. The third kappa shape index (κ3) is 7.35. The zero-order valence-corrected chi connectivity index (χ0v) is 12.0. The molecule has 0 aliphatic heterocycles. The first-order valence-electron chi connectivity index (χ1n) is 6.61. The van der Waals surface area contributed by atoms with E-state index >= 15 is 0 Å². The number of carboxylic acid groups (broad SMARTS) is 1. The van der Waals surface area contributed by atoms with Crippen LogP contribution in [0.4, 0.5) is 4.79 Å². The van der Waals surface area contributed by atoms with Crippen LogP contribution in [0.2, 0.25) is 0 Å². The van der Waals surface area contributed by atoms with Crippen LogP contribution in [0.15, 0.2) is 0 Å². The molecule has 0 fully saturated rings. The summed E-state index contributed by atoms with van der Waals surface area (Å²) in [5.41, 5.74) is 0. The molecule has 0 aromatic heterocycles. The lowest BCUT2D eigenvalue weighted by molar-refractivity contribution is -0.142. The molecule has 0 aliphatic rings. The first-order valence-corrected chi connectivity index (χ1v) is 6.61. The van der Waals surface area contributed by atoms with Crippen molar-refractivity contribution in [2.45, 2.75) is 33.6 Å². The lowest BCUT2D eigenvalue weighted by atomic mass is 9.97. The van der Waals surface area contributed by atoms with Crippen molar-refractivity contribution in [2.75, 3.05) is 19.6 Å². The van der Waals surface area contributed by atoms with Crippen molar-refractivity contribution < 1.29 is 14.7 Å². The van der Waals surface area contributed by atoms with Crippen LogP contribution in [-0.4, -0.2) is 41.6 Å². The molecule has 0 aromatic carbocycles. The summed E-state index contributed by atoms with van der Waals surface area (Å²) >= 11 is 0. The molecule has 1 unspecified atom stereocenters. The Morgan fingerprint density at radius 2 is 2.05 bits per heavy atom. The summed E-state index contributed by atoms with van der Waals surface area (Å²) in [6, 6.07) is -0.296. The molecular formula is C14H24N2O3. The Hall–Kier alpha value is -1.70. The van der Waals surface area contributed by atoms with E-state index in [1.165, 1.54) is 4.90 Å². The van der Waals surface area contributed by atoms with Crippen molar-refractivity contribution in [3.8, 4) is 12.3 Å². The summed E-state index contributed by atoms with van der Waals surface area (Å²) in [6.45, 7) is 6.81. The van der Waals surface area contributed by atoms with Gasteiger partial charge in [-0.05, 0) is 18.8 Å². The highest BCUT2D eigenvalue weighted by Gasteiger charge is 2.20. The number of urea groups is 1. The number of aliphatic carboxylic acids is 1. The fourth-order valence-corrected chi connectivity index (χ4v) is 1.80.